The number of benzene rings is 2. The van der Waals surface area contributed by atoms with Crippen molar-refractivity contribution >= 4 is 41.2 Å². The predicted octanol–water partition coefficient (Wildman–Crippen LogP) is 3.98. The highest BCUT2D eigenvalue weighted by molar-refractivity contribution is 6.21. The van der Waals surface area contributed by atoms with Crippen molar-refractivity contribution in [3.63, 3.8) is 0 Å². The molecule has 0 atom stereocenters. The first-order chi connectivity index (χ1) is 15.0. The molecule has 156 valence electrons. The van der Waals surface area contributed by atoms with Gasteiger partial charge in [0.05, 0.1) is 12.8 Å². The fraction of sp³-hybridized carbons (Fsp3) is 0.0870. The summed E-state index contributed by atoms with van der Waals surface area (Å²) in [5.74, 6) is 0.143. The molecule has 0 saturated carbocycles. The number of fused-ring (bicyclic) bond motifs is 1. The maximum absolute atomic E-state index is 11.3. The third kappa shape index (κ3) is 4.64. The maximum Gasteiger partial charge on any atom is 0.343 e. The number of hydrogen-bond donors (Lipinski definition) is 3. The zero-order chi connectivity index (χ0) is 21.8. The molecule has 31 heavy (non-hydrogen) atoms. The van der Waals surface area contributed by atoms with Crippen molar-refractivity contribution in [1.82, 2.24) is 4.98 Å². The van der Waals surface area contributed by atoms with Gasteiger partial charge in [-0.3, -0.25) is 4.99 Å². The molecule has 1 aromatic heterocycles. The molecule has 8 nitrogen and oxygen atoms in total. The summed E-state index contributed by atoms with van der Waals surface area (Å²) in [6, 6.07) is 14.3. The molecule has 4 N–H and O–H groups in total. The summed E-state index contributed by atoms with van der Waals surface area (Å²) < 4.78 is 10.1. The molecule has 0 fully saturated rings. The van der Waals surface area contributed by atoms with Crippen LogP contribution < -0.4 is 15.8 Å². The lowest BCUT2D eigenvalue weighted by molar-refractivity contribution is -0.142. The van der Waals surface area contributed by atoms with Crippen molar-refractivity contribution in [1.29, 1.82) is 0 Å². The molecule has 0 bridgehead atoms. The first-order valence-electron chi connectivity index (χ1n) is 9.47. The van der Waals surface area contributed by atoms with E-state index in [0.29, 0.717) is 11.4 Å². The van der Waals surface area contributed by atoms with E-state index in [-0.39, 0.29) is 6.61 Å². The van der Waals surface area contributed by atoms with Gasteiger partial charge < -0.3 is 25.5 Å². The normalized spacial score (nSPS) is 13.1. The first kappa shape index (κ1) is 20.0. The summed E-state index contributed by atoms with van der Waals surface area (Å²) in [6.07, 6.45) is 5.65. The van der Waals surface area contributed by atoms with Crippen molar-refractivity contribution in [3.05, 3.63) is 66.0 Å². The highest BCUT2D eigenvalue weighted by Crippen LogP contribution is 2.35. The summed E-state index contributed by atoms with van der Waals surface area (Å²) in [7, 11) is 1.32. The van der Waals surface area contributed by atoms with Gasteiger partial charge in [-0.1, -0.05) is 12.1 Å². The number of allylic oxidation sites excluding steroid dienone is 1. The van der Waals surface area contributed by atoms with Crippen molar-refractivity contribution in [2.24, 2.45) is 10.7 Å². The second kappa shape index (κ2) is 8.58. The molecule has 2 aromatic carbocycles. The van der Waals surface area contributed by atoms with Gasteiger partial charge >= 0.3 is 12.0 Å². The van der Waals surface area contributed by atoms with E-state index in [1.165, 1.54) is 7.11 Å². The standard InChI is InChI=1S/C23H20N4O4/c1-30-22(28)13-31-19-4-2-3-14(9-19)15-7-18(25-11-15)8-16-12-26-21-6-5-17(10-20(16)21)27-23(24)29/h2-12,25H,13H2,1H3,(H3,24,27,29). The molecule has 0 spiro atoms. The zero-order valence-corrected chi connectivity index (χ0v) is 16.7. The summed E-state index contributed by atoms with van der Waals surface area (Å²) in [6.45, 7) is -0.143. The molecule has 0 saturated heterocycles. The van der Waals surface area contributed by atoms with Crippen LogP contribution in [0.4, 0.5) is 16.2 Å². The van der Waals surface area contributed by atoms with Crippen LogP contribution >= 0.6 is 0 Å². The van der Waals surface area contributed by atoms with E-state index >= 15 is 0 Å². The van der Waals surface area contributed by atoms with Crippen LogP contribution in [-0.2, 0) is 9.53 Å². The smallest absolute Gasteiger partial charge is 0.343 e. The summed E-state index contributed by atoms with van der Waals surface area (Å²) in [4.78, 5) is 30.0. The highest BCUT2D eigenvalue weighted by Gasteiger charge is 2.14. The largest absolute Gasteiger partial charge is 0.482 e. The summed E-state index contributed by atoms with van der Waals surface area (Å²) in [5.41, 5.74) is 11.2. The number of nitrogens with one attached hydrogen (secondary N) is 2. The highest BCUT2D eigenvalue weighted by atomic mass is 16.6. The molecule has 2 heterocycles. The fourth-order valence-electron chi connectivity index (χ4n) is 3.22. The van der Waals surface area contributed by atoms with Crippen LogP contribution in [0.3, 0.4) is 0 Å². The Balaban J connectivity index is 1.55. The van der Waals surface area contributed by atoms with Gasteiger partial charge in [0.15, 0.2) is 6.61 Å². The second-order valence-electron chi connectivity index (χ2n) is 6.82. The molecule has 1 aliphatic heterocycles. The van der Waals surface area contributed by atoms with Gasteiger partial charge in [-0.25, -0.2) is 9.59 Å². The first-order valence-corrected chi connectivity index (χ1v) is 9.47. The lowest BCUT2D eigenvalue weighted by Crippen LogP contribution is -2.19. The number of H-pyrrole nitrogens is 1. The van der Waals surface area contributed by atoms with Gasteiger partial charge in [-0.05, 0) is 53.6 Å². The topological polar surface area (TPSA) is 119 Å². The van der Waals surface area contributed by atoms with E-state index in [0.717, 1.165) is 33.6 Å². The number of aromatic amines is 1. The minimum atomic E-state index is -0.615. The SMILES string of the molecule is COC(=O)COc1cccc(-c2c[nH]c(C=C3C=Nc4ccc(NC(N)=O)cc43)c2)c1. The molecule has 2 amide bonds. The Morgan fingerprint density at radius 2 is 2.03 bits per heavy atom. The second-order valence-corrected chi connectivity index (χ2v) is 6.82. The Bertz CT molecular complexity index is 1210. The van der Waals surface area contributed by atoms with Crippen LogP contribution in [-0.4, -0.2) is 36.9 Å². The number of nitrogens with zero attached hydrogens (tertiary/aromatic N) is 1. The number of hydrogen-bond acceptors (Lipinski definition) is 5. The van der Waals surface area contributed by atoms with E-state index in [1.54, 1.807) is 18.3 Å². The average molecular weight is 416 g/mol. The third-order valence-corrected chi connectivity index (χ3v) is 4.69. The molecular weight excluding hydrogens is 396 g/mol. The average Bonchev–Trinajstić information content (AvgIpc) is 3.39. The number of methoxy groups -OCH3 is 1. The van der Waals surface area contributed by atoms with Crippen molar-refractivity contribution in [2.45, 2.75) is 0 Å². The summed E-state index contributed by atoms with van der Waals surface area (Å²) in [5, 5.41) is 2.58. The number of nitrogens with two attached hydrogens (primary N) is 1. The number of urea groups is 1. The quantitative estimate of drug-likeness (QED) is 0.527. The number of amides is 2. The Hall–Kier alpha value is -4.33. The maximum atomic E-state index is 11.3. The molecular formula is C23H20N4O4. The molecule has 0 radical (unpaired) electrons. The van der Waals surface area contributed by atoms with Crippen molar-refractivity contribution < 1.29 is 19.1 Å². The van der Waals surface area contributed by atoms with Crippen molar-refractivity contribution in [2.75, 3.05) is 19.0 Å². The minimum Gasteiger partial charge on any atom is -0.482 e. The van der Waals surface area contributed by atoms with Crippen LogP contribution in [0.5, 0.6) is 5.75 Å². The molecule has 8 heteroatoms. The van der Waals surface area contributed by atoms with Crippen LogP contribution in [0.15, 0.2) is 59.7 Å². The zero-order valence-electron chi connectivity index (χ0n) is 16.7. The molecule has 4 rings (SSSR count). The molecule has 3 aromatic rings. The Labute approximate surface area is 178 Å². The number of carbonyl (C=O) groups is 2. The van der Waals surface area contributed by atoms with Gasteiger partial charge in [0.25, 0.3) is 0 Å². The van der Waals surface area contributed by atoms with Crippen molar-refractivity contribution in [3.8, 4) is 16.9 Å². The van der Waals surface area contributed by atoms with E-state index in [2.05, 4.69) is 20.0 Å². The fourth-order valence-corrected chi connectivity index (χ4v) is 3.22. The summed E-state index contributed by atoms with van der Waals surface area (Å²) >= 11 is 0. The van der Waals surface area contributed by atoms with Gasteiger partial charge in [0.2, 0.25) is 0 Å². The van der Waals surface area contributed by atoms with Crippen LogP contribution in [0, 0.1) is 0 Å². The number of carbonyl (C=O) groups excluding carboxylic acids is 2. The monoisotopic (exact) mass is 416 g/mol. The third-order valence-electron chi connectivity index (χ3n) is 4.69. The lowest BCUT2D eigenvalue weighted by atomic mass is 10.0. The number of esters is 1. The van der Waals surface area contributed by atoms with Gasteiger partial charge in [-0.2, -0.15) is 0 Å². The molecule has 1 aliphatic rings. The van der Waals surface area contributed by atoms with E-state index in [1.807, 2.05) is 48.7 Å². The minimum absolute atomic E-state index is 0.143. The molecule has 0 aliphatic carbocycles. The number of aliphatic imine (C=N–C) groups is 1. The van der Waals surface area contributed by atoms with E-state index in [4.69, 9.17) is 10.5 Å². The van der Waals surface area contributed by atoms with Crippen LogP contribution in [0.1, 0.15) is 11.3 Å². The predicted molar refractivity (Wildman–Crippen MR) is 119 cm³/mol. The number of aromatic nitrogens is 1. The van der Waals surface area contributed by atoms with Crippen LogP contribution in [0.2, 0.25) is 0 Å². The number of ether oxygens (including phenoxy) is 2. The van der Waals surface area contributed by atoms with E-state index < -0.39 is 12.0 Å². The molecule has 0 unspecified atom stereocenters. The number of anilines is 1. The van der Waals surface area contributed by atoms with Gasteiger partial charge in [0, 0.05) is 34.9 Å². The Kier molecular flexibility index (Phi) is 5.53. The number of rotatable bonds is 6. The Morgan fingerprint density at radius 1 is 1.16 bits per heavy atom. The van der Waals surface area contributed by atoms with Crippen LogP contribution in [0.25, 0.3) is 22.8 Å². The van der Waals surface area contributed by atoms with Gasteiger partial charge in [0.1, 0.15) is 5.75 Å². The van der Waals surface area contributed by atoms with E-state index in [9.17, 15) is 9.59 Å². The number of primary amides is 1. The Morgan fingerprint density at radius 3 is 2.84 bits per heavy atom. The lowest BCUT2D eigenvalue weighted by Gasteiger charge is -2.06. The van der Waals surface area contributed by atoms with Gasteiger partial charge in [-0.15, -0.1) is 0 Å².